The number of nitrogens with one attached hydrogen (secondary N) is 4. The van der Waals surface area contributed by atoms with E-state index in [0.29, 0.717) is 23.6 Å². The van der Waals surface area contributed by atoms with Crippen molar-refractivity contribution in [3.8, 4) is 21.6 Å². The van der Waals surface area contributed by atoms with Crippen LogP contribution in [0.5, 0.6) is 0 Å². The van der Waals surface area contributed by atoms with Gasteiger partial charge in [0.25, 0.3) is 5.91 Å². The minimum Gasteiger partial charge on any atom is -0.391 e. The van der Waals surface area contributed by atoms with Crippen LogP contribution in [0, 0.1) is 12.3 Å². The molecule has 15 nitrogen and oxygen atoms in total. The maximum Gasteiger partial charge on any atom is 0.251 e. The van der Waals surface area contributed by atoms with Gasteiger partial charge in [0.05, 0.1) is 28.2 Å². The standard InChI is InChI=1S/C58H72ClN9O6S/c1-37-31-49(63-46-21-19-45(59)20-22-46)48-32-44(18-23-50(48)68(37)39(3)69)41-14-16-43(17-15-41)55(72)60-24-26-66-29-27-65(28-30-66)25-8-7-9-52(71)64-54(58(4,5)6)57(74)67-35-47(70)33-51(67)56(73)61-34-40-10-12-42(13-11-40)53-38(2)62-36-75-53/h10-23,32,36-37,47,49,51,54,63,70H,7-9,24-31,33-35H2,1-6H3,(H,60,72)(H,61,73)(H,64,71)/t37-,47+,49+,51-,54+/m0/s1. The van der Waals surface area contributed by atoms with Crippen LogP contribution in [0.2, 0.25) is 5.02 Å². The molecule has 0 spiro atoms. The van der Waals surface area contributed by atoms with Gasteiger partial charge < -0.3 is 41.1 Å². The van der Waals surface area contributed by atoms with E-state index in [1.807, 2.05) is 123 Å². The van der Waals surface area contributed by atoms with Gasteiger partial charge in [0, 0.05) is 100 Å². The van der Waals surface area contributed by atoms with Crippen molar-refractivity contribution in [2.24, 2.45) is 5.41 Å². The second-order valence-electron chi connectivity index (χ2n) is 21.4. The fourth-order valence-corrected chi connectivity index (χ4v) is 11.5. The van der Waals surface area contributed by atoms with E-state index in [4.69, 9.17) is 11.6 Å². The Morgan fingerprint density at radius 3 is 2.15 bits per heavy atom. The molecule has 3 aliphatic heterocycles. The Labute approximate surface area is 450 Å². The first-order valence-corrected chi connectivity index (χ1v) is 27.5. The zero-order valence-corrected chi connectivity index (χ0v) is 45.6. The molecular weight excluding hydrogens is 986 g/mol. The van der Waals surface area contributed by atoms with Crippen LogP contribution >= 0.6 is 22.9 Å². The average Bonchev–Trinajstić information content (AvgIpc) is 4.01. The first-order chi connectivity index (χ1) is 35.9. The Morgan fingerprint density at radius 1 is 0.827 bits per heavy atom. The molecule has 0 bridgehead atoms. The van der Waals surface area contributed by atoms with Crippen LogP contribution in [0.25, 0.3) is 21.6 Å². The number of piperazine rings is 1. The number of likely N-dealkylation sites (tertiary alicyclic amines) is 1. The van der Waals surface area contributed by atoms with E-state index in [1.54, 1.807) is 18.3 Å². The molecule has 3 aliphatic rings. The number of thiazole rings is 1. The smallest absolute Gasteiger partial charge is 0.251 e. The maximum atomic E-state index is 14.1. The number of halogens is 1. The molecule has 0 unspecified atom stereocenters. The molecule has 0 saturated carbocycles. The van der Waals surface area contributed by atoms with Crippen molar-refractivity contribution in [3.05, 3.63) is 124 Å². The number of β-amino-alcohol motifs (C(OH)–C–C–N with tert-alkyl or cyclic N) is 1. The fourth-order valence-electron chi connectivity index (χ4n) is 10.5. The van der Waals surface area contributed by atoms with Crippen LogP contribution in [-0.2, 0) is 25.7 Å². The molecule has 398 valence electrons. The lowest BCUT2D eigenvalue weighted by Crippen LogP contribution is -2.57. The number of hydrogen-bond donors (Lipinski definition) is 5. The van der Waals surface area contributed by atoms with Gasteiger partial charge in [0.1, 0.15) is 12.1 Å². The third-order valence-corrected chi connectivity index (χ3v) is 15.9. The SMILES string of the molecule is CC(=O)N1c2ccc(-c3ccc(C(=O)NCCN4CCN(CCCCC(=O)N[C@H](C(=O)N5C[C@H](O)C[C@H]5C(=O)NCc5ccc(-c6scnc6C)cc5)C(C)(C)C)CC4)cc3)cc2[C@H](Nc2ccc(Cl)cc2)C[C@@H]1C. The highest BCUT2D eigenvalue weighted by atomic mass is 35.5. The summed E-state index contributed by atoms with van der Waals surface area (Å²) in [5.74, 6) is -1.04. The van der Waals surface area contributed by atoms with E-state index >= 15 is 0 Å². The summed E-state index contributed by atoms with van der Waals surface area (Å²) in [6.45, 7) is 17.3. The van der Waals surface area contributed by atoms with Crippen LogP contribution in [0.4, 0.5) is 11.4 Å². The zero-order chi connectivity index (χ0) is 53.4. The van der Waals surface area contributed by atoms with E-state index < -0.39 is 23.6 Å². The van der Waals surface area contributed by atoms with Gasteiger partial charge in [-0.2, -0.15) is 0 Å². The van der Waals surface area contributed by atoms with E-state index in [9.17, 15) is 29.1 Å². The summed E-state index contributed by atoms with van der Waals surface area (Å²) < 4.78 is 0. The van der Waals surface area contributed by atoms with Gasteiger partial charge in [-0.1, -0.05) is 74.8 Å². The number of amides is 5. The Hall–Kier alpha value is -6.17. The van der Waals surface area contributed by atoms with Crippen molar-refractivity contribution in [1.82, 2.24) is 35.6 Å². The molecule has 1 aromatic heterocycles. The van der Waals surface area contributed by atoms with Gasteiger partial charge in [-0.15, -0.1) is 11.3 Å². The lowest BCUT2D eigenvalue weighted by Gasteiger charge is -2.39. The zero-order valence-electron chi connectivity index (χ0n) is 44.0. The molecule has 4 aromatic carbocycles. The van der Waals surface area contributed by atoms with Gasteiger partial charge in [-0.25, -0.2) is 4.98 Å². The fraction of sp³-hybridized carbons (Fsp3) is 0.448. The number of aromatic nitrogens is 1. The molecule has 4 heterocycles. The summed E-state index contributed by atoms with van der Waals surface area (Å²) in [4.78, 5) is 80.4. The van der Waals surface area contributed by atoms with Crippen molar-refractivity contribution in [2.45, 2.75) is 110 Å². The molecule has 0 radical (unpaired) electrons. The molecule has 5 atom stereocenters. The van der Waals surface area contributed by atoms with Crippen molar-refractivity contribution in [1.29, 1.82) is 0 Å². The number of aliphatic hydroxyl groups is 1. The summed E-state index contributed by atoms with van der Waals surface area (Å²) in [7, 11) is 0. The van der Waals surface area contributed by atoms with Crippen LogP contribution in [0.15, 0.2) is 96.5 Å². The van der Waals surface area contributed by atoms with E-state index in [2.05, 4.69) is 49.0 Å². The molecule has 8 rings (SSSR count). The largest absolute Gasteiger partial charge is 0.391 e. The van der Waals surface area contributed by atoms with Gasteiger partial charge in [-0.3, -0.25) is 28.9 Å². The Kier molecular flexibility index (Phi) is 18.1. The van der Waals surface area contributed by atoms with E-state index in [-0.39, 0.29) is 67.6 Å². The van der Waals surface area contributed by atoms with Gasteiger partial charge in [-0.05, 0) is 121 Å². The Balaban J connectivity index is 0.738. The highest BCUT2D eigenvalue weighted by molar-refractivity contribution is 7.13. The number of unbranched alkanes of at least 4 members (excludes halogenated alkanes) is 1. The number of benzene rings is 4. The van der Waals surface area contributed by atoms with Crippen molar-refractivity contribution in [3.63, 3.8) is 0 Å². The van der Waals surface area contributed by atoms with Crippen LogP contribution in [0.1, 0.15) is 99.9 Å². The minimum absolute atomic E-state index is 0.00738. The normalized spacial score (nSPS) is 19.5. The number of aliphatic hydroxyl groups excluding tert-OH is 1. The van der Waals surface area contributed by atoms with Gasteiger partial charge in [0.2, 0.25) is 23.6 Å². The summed E-state index contributed by atoms with van der Waals surface area (Å²) in [5.41, 5.74) is 9.58. The lowest BCUT2D eigenvalue weighted by atomic mass is 9.85. The third-order valence-electron chi connectivity index (χ3n) is 14.7. The van der Waals surface area contributed by atoms with Gasteiger partial charge >= 0.3 is 0 Å². The molecule has 0 aliphatic carbocycles. The predicted octanol–water partition coefficient (Wildman–Crippen LogP) is 8.06. The minimum atomic E-state index is -0.872. The highest BCUT2D eigenvalue weighted by Gasteiger charge is 2.44. The lowest BCUT2D eigenvalue weighted by molar-refractivity contribution is -0.144. The van der Waals surface area contributed by atoms with Crippen LogP contribution in [-0.4, -0.2) is 131 Å². The van der Waals surface area contributed by atoms with Crippen LogP contribution < -0.4 is 26.2 Å². The first-order valence-electron chi connectivity index (χ1n) is 26.3. The first kappa shape index (κ1) is 55.1. The Bertz CT molecular complexity index is 2790. The Morgan fingerprint density at radius 2 is 1.49 bits per heavy atom. The number of aryl methyl sites for hydroxylation is 1. The topological polar surface area (TPSA) is 180 Å². The van der Waals surface area contributed by atoms with Crippen molar-refractivity contribution in [2.75, 3.05) is 62.6 Å². The van der Waals surface area contributed by atoms with Crippen LogP contribution in [0.3, 0.4) is 0 Å². The molecule has 5 aromatic rings. The number of rotatable bonds is 18. The summed E-state index contributed by atoms with van der Waals surface area (Å²) in [6.07, 6.45) is 1.79. The highest BCUT2D eigenvalue weighted by Crippen LogP contribution is 2.41. The number of hydrogen-bond acceptors (Lipinski definition) is 11. The monoisotopic (exact) mass is 1060 g/mol. The third kappa shape index (κ3) is 14.0. The average molecular weight is 1060 g/mol. The molecule has 2 saturated heterocycles. The number of carbonyl (C=O) groups excluding carboxylic acids is 5. The van der Waals surface area contributed by atoms with E-state index in [0.717, 1.165) is 102 Å². The second-order valence-corrected chi connectivity index (χ2v) is 22.7. The molecule has 2 fully saturated rings. The quantitative estimate of drug-likeness (QED) is 0.0539. The van der Waals surface area contributed by atoms with Crippen molar-refractivity contribution >= 4 is 63.8 Å². The second kappa shape index (κ2) is 24.7. The maximum absolute atomic E-state index is 14.1. The number of carbonyl (C=O) groups is 5. The molecule has 17 heteroatoms. The number of anilines is 2. The molecule has 75 heavy (non-hydrogen) atoms. The summed E-state index contributed by atoms with van der Waals surface area (Å²) in [5, 5.41) is 24.0. The molecule has 5 N–H and O–H groups in total. The van der Waals surface area contributed by atoms with E-state index in [1.165, 1.54) is 4.90 Å². The van der Waals surface area contributed by atoms with Gasteiger partial charge in [0.15, 0.2) is 0 Å². The molecular formula is C58H72ClN9O6S. The number of fused-ring (bicyclic) bond motifs is 1. The summed E-state index contributed by atoms with van der Waals surface area (Å²) >= 11 is 7.73. The predicted molar refractivity (Wildman–Crippen MR) is 298 cm³/mol. The summed E-state index contributed by atoms with van der Waals surface area (Å²) in [6, 6.07) is 27.7. The molecule has 5 amide bonds. The van der Waals surface area contributed by atoms with Crippen molar-refractivity contribution < 1.29 is 29.1 Å². The number of nitrogens with zero attached hydrogens (tertiary/aromatic N) is 5.